The summed E-state index contributed by atoms with van der Waals surface area (Å²) in [6.07, 6.45) is 2.87. The van der Waals surface area contributed by atoms with Crippen LogP contribution in [0.1, 0.15) is 24.1 Å². The minimum atomic E-state index is -0.0282. The van der Waals surface area contributed by atoms with Gasteiger partial charge in [0.1, 0.15) is 0 Å². The van der Waals surface area contributed by atoms with E-state index in [-0.39, 0.29) is 5.91 Å². The molecule has 0 saturated carbocycles. The highest BCUT2D eigenvalue weighted by Gasteiger charge is 2.08. The minimum Gasteiger partial charge on any atom is -0.309 e. The Morgan fingerprint density at radius 3 is 2.86 bits per heavy atom. The number of H-pyrrole nitrogens is 1. The second-order valence-electron chi connectivity index (χ2n) is 3.20. The molecular weight excluding hydrogens is 178 g/mol. The van der Waals surface area contributed by atoms with E-state index in [1.54, 1.807) is 6.08 Å². The van der Waals surface area contributed by atoms with Crippen molar-refractivity contribution in [3.8, 4) is 0 Å². The van der Waals surface area contributed by atoms with Crippen LogP contribution in [0.4, 0.5) is 5.82 Å². The van der Waals surface area contributed by atoms with Gasteiger partial charge in [0.2, 0.25) is 5.91 Å². The molecule has 14 heavy (non-hydrogen) atoms. The summed E-state index contributed by atoms with van der Waals surface area (Å²) >= 11 is 0. The number of rotatable bonds is 4. The molecule has 76 valence electrons. The Bertz CT molecular complexity index is 341. The standard InChI is InChI=1S/C10H15N3O/c1-4-5-6-9(14)11-10-7(2)8(3)12-13-10/h4H,1,5-6H2,2-3H3,(H2,11,12,13,14). The summed E-state index contributed by atoms with van der Waals surface area (Å²) in [6.45, 7) is 7.40. The molecular formula is C10H15N3O. The number of anilines is 1. The van der Waals surface area contributed by atoms with Gasteiger partial charge in [0.25, 0.3) is 0 Å². The molecule has 1 amide bonds. The number of nitrogens with one attached hydrogen (secondary N) is 2. The van der Waals surface area contributed by atoms with Crippen molar-refractivity contribution < 1.29 is 4.79 Å². The van der Waals surface area contributed by atoms with Gasteiger partial charge < -0.3 is 5.32 Å². The van der Waals surface area contributed by atoms with E-state index in [9.17, 15) is 4.79 Å². The summed E-state index contributed by atoms with van der Waals surface area (Å²) in [7, 11) is 0. The number of carbonyl (C=O) groups excluding carboxylic acids is 1. The lowest BCUT2D eigenvalue weighted by Crippen LogP contribution is -2.11. The van der Waals surface area contributed by atoms with E-state index in [2.05, 4.69) is 22.1 Å². The molecule has 2 N–H and O–H groups in total. The first-order valence-corrected chi connectivity index (χ1v) is 4.57. The average Bonchev–Trinajstić information content (AvgIpc) is 2.46. The van der Waals surface area contributed by atoms with E-state index in [0.717, 1.165) is 11.3 Å². The van der Waals surface area contributed by atoms with Crippen molar-refractivity contribution in [2.75, 3.05) is 5.32 Å². The van der Waals surface area contributed by atoms with Crippen LogP contribution < -0.4 is 5.32 Å². The maximum atomic E-state index is 11.3. The van der Waals surface area contributed by atoms with Crippen LogP contribution in [-0.4, -0.2) is 16.1 Å². The molecule has 0 aromatic carbocycles. The zero-order valence-electron chi connectivity index (χ0n) is 8.55. The van der Waals surface area contributed by atoms with Gasteiger partial charge in [-0.1, -0.05) is 6.08 Å². The van der Waals surface area contributed by atoms with E-state index >= 15 is 0 Å². The number of hydrogen-bond acceptors (Lipinski definition) is 2. The molecule has 0 fully saturated rings. The monoisotopic (exact) mass is 193 g/mol. The SMILES string of the molecule is C=CCCC(=O)Nc1n[nH]c(C)c1C. The number of carbonyl (C=O) groups is 1. The fraction of sp³-hybridized carbons (Fsp3) is 0.400. The third-order valence-electron chi connectivity index (χ3n) is 2.09. The highest BCUT2D eigenvalue weighted by Crippen LogP contribution is 2.13. The van der Waals surface area contributed by atoms with Crippen LogP contribution in [0.15, 0.2) is 12.7 Å². The van der Waals surface area contributed by atoms with Crippen LogP contribution in [0, 0.1) is 13.8 Å². The van der Waals surface area contributed by atoms with Crippen molar-refractivity contribution in [3.05, 3.63) is 23.9 Å². The van der Waals surface area contributed by atoms with Crippen molar-refractivity contribution in [1.29, 1.82) is 0 Å². The summed E-state index contributed by atoms with van der Waals surface area (Å²) in [5, 5.41) is 9.53. The topological polar surface area (TPSA) is 57.8 Å². The molecule has 0 atom stereocenters. The Hall–Kier alpha value is -1.58. The van der Waals surface area contributed by atoms with Crippen molar-refractivity contribution in [3.63, 3.8) is 0 Å². The van der Waals surface area contributed by atoms with Gasteiger partial charge in [0.15, 0.2) is 5.82 Å². The predicted octanol–water partition coefficient (Wildman–Crippen LogP) is 1.93. The summed E-state index contributed by atoms with van der Waals surface area (Å²) in [5.74, 6) is 0.594. The second-order valence-corrected chi connectivity index (χ2v) is 3.20. The quantitative estimate of drug-likeness (QED) is 0.718. The second kappa shape index (κ2) is 4.60. The largest absolute Gasteiger partial charge is 0.309 e. The molecule has 1 rings (SSSR count). The number of aromatic amines is 1. The van der Waals surface area contributed by atoms with Crippen molar-refractivity contribution >= 4 is 11.7 Å². The van der Waals surface area contributed by atoms with E-state index in [0.29, 0.717) is 18.7 Å². The molecule has 1 heterocycles. The number of aromatic nitrogens is 2. The summed E-state index contributed by atoms with van der Waals surface area (Å²) in [4.78, 5) is 11.3. The van der Waals surface area contributed by atoms with E-state index < -0.39 is 0 Å². The zero-order valence-corrected chi connectivity index (χ0v) is 8.55. The molecule has 0 aliphatic rings. The highest BCUT2D eigenvalue weighted by molar-refractivity contribution is 5.90. The van der Waals surface area contributed by atoms with E-state index in [1.807, 2.05) is 13.8 Å². The van der Waals surface area contributed by atoms with Crippen LogP contribution in [-0.2, 0) is 4.79 Å². The molecule has 0 bridgehead atoms. The maximum absolute atomic E-state index is 11.3. The third kappa shape index (κ3) is 2.45. The Balaban J connectivity index is 2.56. The zero-order chi connectivity index (χ0) is 10.6. The summed E-state index contributed by atoms with van der Waals surface area (Å²) < 4.78 is 0. The molecule has 0 spiro atoms. The average molecular weight is 193 g/mol. The Kier molecular flexibility index (Phi) is 3.45. The molecule has 0 aliphatic heterocycles. The van der Waals surface area contributed by atoms with Crippen LogP contribution in [0.25, 0.3) is 0 Å². The Morgan fingerprint density at radius 1 is 1.64 bits per heavy atom. The van der Waals surface area contributed by atoms with E-state index in [1.165, 1.54) is 0 Å². The lowest BCUT2D eigenvalue weighted by atomic mass is 10.2. The lowest BCUT2D eigenvalue weighted by molar-refractivity contribution is -0.116. The first kappa shape index (κ1) is 10.5. The van der Waals surface area contributed by atoms with Gasteiger partial charge in [0.05, 0.1) is 0 Å². The van der Waals surface area contributed by atoms with Crippen LogP contribution >= 0.6 is 0 Å². The first-order valence-electron chi connectivity index (χ1n) is 4.57. The number of hydrogen-bond donors (Lipinski definition) is 2. The van der Waals surface area contributed by atoms with Crippen molar-refractivity contribution in [1.82, 2.24) is 10.2 Å². The van der Waals surface area contributed by atoms with Gasteiger partial charge in [-0.15, -0.1) is 6.58 Å². The van der Waals surface area contributed by atoms with Crippen molar-refractivity contribution in [2.45, 2.75) is 26.7 Å². The molecule has 4 heteroatoms. The van der Waals surface area contributed by atoms with E-state index in [4.69, 9.17) is 0 Å². The molecule has 1 aromatic rings. The molecule has 0 aliphatic carbocycles. The first-order chi connectivity index (χ1) is 6.65. The number of nitrogens with zero attached hydrogens (tertiary/aromatic N) is 1. The minimum absolute atomic E-state index is 0.0282. The molecule has 4 nitrogen and oxygen atoms in total. The molecule has 0 radical (unpaired) electrons. The lowest BCUT2D eigenvalue weighted by Gasteiger charge is -2.00. The smallest absolute Gasteiger partial charge is 0.225 e. The molecule has 0 unspecified atom stereocenters. The highest BCUT2D eigenvalue weighted by atomic mass is 16.1. The molecule has 1 aromatic heterocycles. The number of amides is 1. The van der Waals surface area contributed by atoms with Crippen LogP contribution in [0.5, 0.6) is 0 Å². The van der Waals surface area contributed by atoms with Gasteiger partial charge in [-0.05, 0) is 20.3 Å². The fourth-order valence-electron chi connectivity index (χ4n) is 1.03. The summed E-state index contributed by atoms with van der Waals surface area (Å²) in [5.41, 5.74) is 1.96. The van der Waals surface area contributed by atoms with Gasteiger partial charge in [-0.25, -0.2) is 0 Å². The number of allylic oxidation sites excluding steroid dienone is 1. The number of aryl methyl sites for hydroxylation is 1. The summed E-state index contributed by atoms with van der Waals surface area (Å²) in [6, 6.07) is 0. The predicted molar refractivity (Wildman–Crippen MR) is 56.1 cm³/mol. The maximum Gasteiger partial charge on any atom is 0.225 e. The Morgan fingerprint density at radius 2 is 2.36 bits per heavy atom. The van der Waals surface area contributed by atoms with Gasteiger partial charge in [-0.2, -0.15) is 5.10 Å². The third-order valence-corrected chi connectivity index (χ3v) is 2.09. The van der Waals surface area contributed by atoms with Crippen LogP contribution in [0.3, 0.4) is 0 Å². The van der Waals surface area contributed by atoms with Gasteiger partial charge in [0, 0.05) is 17.7 Å². The van der Waals surface area contributed by atoms with Gasteiger partial charge in [-0.3, -0.25) is 9.89 Å². The normalized spacial score (nSPS) is 9.86. The van der Waals surface area contributed by atoms with Crippen LogP contribution in [0.2, 0.25) is 0 Å². The van der Waals surface area contributed by atoms with Gasteiger partial charge >= 0.3 is 0 Å². The van der Waals surface area contributed by atoms with Crippen molar-refractivity contribution in [2.24, 2.45) is 0 Å². The Labute approximate surface area is 83.4 Å². The fourth-order valence-corrected chi connectivity index (χ4v) is 1.03. The molecule has 0 saturated heterocycles.